The van der Waals surface area contributed by atoms with Crippen LogP contribution < -0.4 is 5.32 Å². The third kappa shape index (κ3) is 1.94. The van der Waals surface area contributed by atoms with Crippen LogP contribution in [0.25, 0.3) is 0 Å². The van der Waals surface area contributed by atoms with Gasteiger partial charge in [0.25, 0.3) is 0 Å². The van der Waals surface area contributed by atoms with Crippen LogP contribution in [0.5, 0.6) is 0 Å². The van der Waals surface area contributed by atoms with Crippen LogP contribution in [0, 0.1) is 10.1 Å². The zero-order chi connectivity index (χ0) is 7.44. The van der Waals surface area contributed by atoms with Gasteiger partial charge in [0.05, 0.1) is 7.05 Å². The van der Waals surface area contributed by atoms with Crippen molar-refractivity contribution in [3.63, 3.8) is 0 Å². The fraction of sp³-hybridized carbons (Fsp3) is 0.667. The number of hydrazine groups is 1. The maximum atomic E-state index is 10.3. The Morgan fingerprint density at radius 2 is 2.22 bits per heavy atom. The predicted molar refractivity (Wildman–Crippen MR) is 29.2 cm³/mol. The molecule has 0 aliphatic heterocycles. The number of carbonyl (C=O) groups is 1. The molecule has 0 radical (unpaired) electrons. The first-order valence-electron chi connectivity index (χ1n) is 2.19. The summed E-state index contributed by atoms with van der Waals surface area (Å²) in [5.74, 6) is 0. The molecule has 9 heavy (non-hydrogen) atoms. The molecule has 2 amide bonds. The average molecular weight is 133 g/mol. The molecule has 52 valence electrons. The molecule has 0 atom stereocenters. The SMILES string of the molecule is CNC(=O)N(C)[N+](=O)[O-]. The van der Waals surface area contributed by atoms with Gasteiger partial charge in [0.1, 0.15) is 0 Å². The monoisotopic (exact) mass is 133 g/mol. The zero-order valence-electron chi connectivity index (χ0n) is 5.12. The van der Waals surface area contributed by atoms with Gasteiger partial charge in [-0.1, -0.05) is 0 Å². The quantitative estimate of drug-likeness (QED) is 0.385. The zero-order valence-corrected chi connectivity index (χ0v) is 5.12. The molecule has 0 saturated carbocycles. The summed E-state index contributed by atoms with van der Waals surface area (Å²) in [6, 6.07) is -0.736. The number of nitro groups is 1. The largest absolute Gasteiger partial charge is 0.374 e. The van der Waals surface area contributed by atoms with Crippen molar-refractivity contribution in [3.05, 3.63) is 10.1 Å². The molecule has 0 aromatic rings. The van der Waals surface area contributed by atoms with Crippen molar-refractivity contribution in [1.29, 1.82) is 0 Å². The first-order chi connectivity index (χ1) is 4.09. The maximum absolute atomic E-state index is 10.3. The van der Waals surface area contributed by atoms with Crippen LogP contribution in [-0.2, 0) is 0 Å². The first-order valence-corrected chi connectivity index (χ1v) is 2.19. The van der Waals surface area contributed by atoms with E-state index in [0.717, 1.165) is 7.05 Å². The number of hydrogen-bond acceptors (Lipinski definition) is 3. The highest BCUT2D eigenvalue weighted by atomic mass is 16.7. The summed E-state index contributed by atoms with van der Waals surface area (Å²) in [5, 5.41) is 11.4. The number of hydrogen-bond donors (Lipinski definition) is 1. The van der Waals surface area contributed by atoms with E-state index in [0.29, 0.717) is 5.01 Å². The number of urea groups is 1. The summed E-state index contributed by atoms with van der Waals surface area (Å²) < 4.78 is 0. The van der Waals surface area contributed by atoms with Crippen LogP contribution in [0.1, 0.15) is 0 Å². The number of nitrogens with one attached hydrogen (secondary N) is 1. The molecule has 0 aromatic carbocycles. The van der Waals surface area contributed by atoms with E-state index in [1.54, 1.807) is 0 Å². The third-order valence-electron chi connectivity index (χ3n) is 0.753. The van der Waals surface area contributed by atoms with E-state index in [9.17, 15) is 14.9 Å². The van der Waals surface area contributed by atoms with E-state index in [1.165, 1.54) is 7.05 Å². The van der Waals surface area contributed by atoms with E-state index in [2.05, 4.69) is 5.32 Å². The Morgan fingerprint density at radius 1 is 1.78 bits per heavy atom. The topological polar surface area (TPSA) is 75.5 Å². The minimum absolute atomic E-state index is 0.361. The Balaban J connectivity index is 3.88. The lowest BCUT2D eigenvalue weighted by atomic mass is 10.9. The van der Waals surface area contributed by atoms with Crippen molar-refractivity contribution >= 4 is 6.03 Å². The number of rotatable bonds is 1. The van der Waals surface area contributed by atoms with Gasteiger partial charge in [-0.05, 0) is 5.01 Å². The van der Waals surface area contributed by atoms with Crippen molar-refractivity contribution in [1.82, 2.24) is 10.3 Å². The predicted octanol–water partition coefficient (Wildman–Crippen LogP) is -0.551. The van der Waals surface area contributed by atoms with Gasteiger partial charge in [-0.25, -0.2) is 14.9 Å². The van der Waals surface area contributed by atoms with Gasteiger partial charge in [-0.15, -0.1) is 0 Å². The molecule has 0 aromatic heterocycles. The van der Waals surface area contributed by atoms with Gasteiger partial charge in [-0.2, -0.15) is 0 Å². The standard InChI is InChI=1S/C3H7N3O3/c1-4-3(7)5(2)6(8)9/h1-2H3,(H,4,7). The van der Waals surface area contributed by atoms with Crippen LogP contribution >= 0.6 is 0 Å². The summed E-state index contributed by atoms with van der Waals surface area (Å²) in [7, 11) is 2.39. The molecule has 1 N–H and O–H groups in total. The first kappa shape index (κ1) is 7.67. The molecule has 0 unspecified atom stereocenters. The lowest BCUT2D eigenvalue weighted by Crippen LogP contribution is -2.38. The Hall–Kier alpha value is -1.33. The fourth-order valence-electron chi connectivity index (χ4n) is 0.236. The second kappa shape index (κ2) is 2.85. The van der Waals surface area contributed by atoms with Gasteiger partial charge in [0.15, 0.2) is 5.03 Å². The number of nitrogens with zero attached hydrogens (tertiary/aromatic N) is 2. The summed E-state index contributed by atoms with van der Waals surface area (Å²) in [6.45, 7) is 0. The highest BCUT2D eigenvalue weighted by Gasteiger charge is 2.14. The lowest BCUT2D eigenvalue weighted by Gasteiger charge is -2.03. The summed E-state index contributed by atoms with van der Waals surface area (Å²) >= 11 is 0. The van der Waals surface area contributed by atoms with Crippen LogP contribution in [0.3, 0.4) is 0 Å². The molecule has 6 nitrogen and oxygen atoms in total. The van der Waals surface area contributed by atoms with Crippen molar-refractivity contribution in [3.8, 4) is 0 Å². The number of amides is 2. The summed E-state index contributed by atoms with van der Waals surface area (Å²) in [6.07, 6.45) is 0. The van der Waals surface area contributed by atoms with Crippen LogP contribution in [0.4, 0.5) is 4.79 Å². The molecule has 6 heteroatoms. The highest BCUT2D eigenvalue weighted by molar-refractivity contribution is 5.71. The van der Waals surface area contributed by atoms with Gasteiger partial charge in [0.2, 0.25) is 0 Å². The Labute approximate surface area is 51.6 Å². The molecule has 0 spiro atoms. The second-order valence-corrected chi connectivity index (χ2v) is 1.32. The van der Waals surface area contributed by atoms with Crippen molar-refractivity contribution in [2.24, 2.45) is 0 Å². The normalized spacial score (nSPS) is 8.22. The minimum Gasteiger partial charge on any atom is -0.337 e. The Bertz CT molecular complexity index is 134. The van der Waals surface area contributed by atoms with Crippen molar-refractivity contribution < 1.29 is 9.83 Å². The summed E-state index contributed by atoms with van der Waals surface area (Å²) in [5.41, 5.74) is 0. The van der Waals surface area contributed by atoms with E-state index < -0.39 is 11.1 Å². The van der Waals surface area contributed by atoms with Crippen LogP contribution in [0.15, 0.2) is 0 Å². The average Bonchev–Trinajstić information content (AvgIpc) is 1.84. The molecule has 0 aliphatic rings. The van der Waals surface area contributed by atoms with Crippen molar-refractivity contribution in [2.45, 2.75) is 0 Å². The molecule has 0 fully saturated rings. The molecule has 0 bridgehead atoms. The Kier molecular flexibility index (Phi) is 2.43. The molecular weight excluding hydrogens is 126 g/mol. The number of carbonyl (C=O) groups excluding carboxylic acids is 1. The second-order valence-electron chi connectivity index (χ2n) is 1.32. The minimum atomic E-state index is -0.807. The lowest BCUT2D eigenvalue weighted by molar-refractivity contribution is -0.625. The fourth-order valence-corrected chi connectivity index (χ4v) is 0.236. The van der Waals surface area contributed by atoms with Crippen LogP contribution in [-0.4, -0.2) is 30.2 Å². The van der Waals surface area contributed by atoms with E-state index >= 15 is 0 Å². The van der Waals surface area contributed by atoms with Gasteiger partial charge >= 0.3 is 6.03 Å². The van der Waals surface area contributed by atoms with Crippen LogP contribution in [0.2, 0.25) is 0 Å². The van der Waals surface area contributed by atoms with Gasteiger partial charge in [-0.3, -0.25) is 0 Å². The van der Waals surface area contributed by atoms with Gasteiger partial charge in [0, 0.05) is 7.05 Å². The third-order valence-corrected chi connectivity index (χ3v) is 0.753. The summed E-state index contributed by atoms with van der Waals surface area (Å²) in [4.78, 5) is 20.1. The van der Waals surface area contributed by atoms with Gasteiger partial charge < -0.3 is 5.32 Å². The van der Waals surface area contributed by atoms with E-state index in [4.69, 9.17) is 0 Å². The molecule has 0 rings (SSSR count). The van der Waals surface area contributed by atoms with E-state index in [-0.39, 0.29) is 0 Å². The van der Waals surface area contributed by atoms with Crippen molar-refractivity contribution in [2.75, 3.05) is 14.1 Å². The molecular formula is C3H7N3O3. The molecule has 0 saturated heterocycles. The molecule has 0 heterocycles. The Morgan fingerprint density at radius 3 is 2.33 bits per heavy atom. The highest BCUT2D eigenvalue weighted by Crippen LogP contribution is 1.80. The van der Waals surface area contributed by atoms with E-state index in [1.807, 2.05) is 0 Å². The molecule has 0 aliphatic carbocycles. The smallest absolute Gasteiger partial charge is 0.337 e. The maximum Gasteiger partial charge on any atom is 0.374 e.